The Balaban J connectivity index is 1.55. The Kier molecular flexibility index (Phi) is 7.14. The maximum atomic E-state index is 12.0. The van der Waals surface area contributed by atoms with Crippen molar-refractivity contribution in [2.24, 2.45) is 4.99 Å². The summed E-state index contributed by atoms with van der Waals surface area (Å²) in [6.45, 7) is 4.39. The van der Waals surface area contributed by atoms with Gasteiger partial charge in [0.2, 0.25) is 5.91 Å². The summed E-state index contributed by atoms with van der Waals surface area (Å²) in [6, 6.07) is 15.2. The van der Waals surface area contributed by atoms with Crippen LogP contribution in [0.5, 0.6) is 5.75 Å². The number of guanidine groups is 1. The first-order valence-electron chi connectivity index (χ1n) is 9.45. The van der Waals surface area contributed by atoms with E-state index in [-0.39, 0.29) is 11.8 Å². The van der Waals surface area contributed by atoms with Gasteiger partial charge in [0.1, 0.15) is 12.4 Å². The van der Waals surface area contributed by atoms with E-state index >= 15 is 0 Å². The molecule has 1 heterocycles. The van der Waals surface area contributed by atoms with Crippen molar-refractivity contribution in [3.8, 4) is 5.75 Å². The van der Waals surface area contributed by atoms with E-state index in [9.17, 15) is 4.79 Å². The van der Waals surface area contributed by atoms with Gasteiger partial charge in [-0.25, -0.2) is 0 Å². The third-order valence-electron chi connectivity index (χ3n) is 4.38. The Bertz CT molecular complexity index is 841. The average molecular weight is 401 g/mol. The van der Waals surface area contributed by atoms with Crippen molar-refractivity contribution >= 4 is 29.2 Å². The number of rotatable bonds is 7. The van der Waals surface area contributed by atoms with Gasteiger partial charge in [-0.2, -0.15) is 0 Å². The Hall–Kier alpha value is -2.73. The first-order valence-corrected chi connectivity index (χ1v) is 9.83. The number of amides is 1. The number of para-hydroxylation sites is 1. The summed E-state index contributed by atoms with van der Waals surface area (Å²) in [5.41, 5.74) is 2.01. The van der Waals surface area contributed by atoms with Gasteiger partial charge in [0.25, 0.3) is 0 Å². The van der Waals surface area contributed by atoms with Gasteiger partial charge < -0.3 is 20.7 Å². The lowest BCUT2D eigenvalue weighted by atomic mass is 9.91. The molecule has 0 aliphatic carbocycles. The van der Waals surface area contributed by atoms with E-state index < -0.39 is 0 Å². The zero-order chi connectivity index (χ0) is 19.8. The molecule has 1 unspecified atom stereocenters. The third-order valence-corrected chi connectivity index (χ3v) is 4.61. The molecule has 3 rings (SSSR count). The van der Waals surface area contributed by atoms with Gasteiger partial charge >= 0.3 is 0 Å². The molecule has 1 atom stereocenters. The maximum Gasteiger partial charge on any atom is 0.225 e. The summed E-state index contributed by atoms with van der Waals surface area (Å²) >= 11 is 5.96. The van der Waals surface area contributed by atoms with Crippen molar-refractivity contribution in [1.29, 1.82) is 0 Å². The molecular weight excluding hydrogens is 376 g/mol. The molecule has 1 aliphatic rings. The van der Waals surface area contributed by atoms with Crippen LogP contribution in [0.3, 0.4) is 0 Å². The second kappa shape index (κ2) is 9.99. The fourth-order valence-electron chi connectivity index (χ4n) is 3.10. The Morgan fingerprint density at radius 3 is 2.93 bits per heavy atom. The van der Waals surface area contributed by atoms with Crippen molar-refractivity contribution in [2.45, 2.75) is 19.3 Å². The Morgan fingerprint density at radius 1 is 1.25 bits per heavy atom. The van der Waals surface area contributed by atoms with Gasteiger partial charge in [-0.05, 0) is 36.8 Å². The molecule has 0 saturated carbocycles. The molecule has 0 aromatic heterocycles. The van der Waals surface area contributed by atoms with E-state index in [4.69, 9.17) is 16.3 Å². The summed E-state index contributed by atoms with van der Waals surface area (Å²) in [5, 5.41) is 10.1. The number of carbonyl (C=O) groups is 1. The van der Waals surface area contributed by atoms with Gasteiger partial charge in [0.15, 0.2) is 5.96 Å². The van der Waals surface area contributed by atoms with Gasteiger partial charge in [-0.1, -0.05) is 35.9 Å². The highest BCUT2D eigenvalue weighted by Crippen LogP contribution is 2.31. The fourth-order valence-corrected chi connectivity index (χ4v) is 3.28. The normalized spacial score (nSPS) is 16.1. The third kappa shape index (κ3) is 5.63. The number of aliphatic imine (C=N–C) groups is 1. The molecule has 0 fully saturated rings. The van der Waals surface area contributed by atoms with Crippen LogP contribution in [0.25, 0.3) is 0 Å². The van der Waals surface area contributed by atoms with E-state index in [0.717, 1.165) is 23.5 Å². The number of halogens is 1. The molecule has 148 valence electrons. The molecular formula is C21H25ClN4O2. The number of hydrogen-bond donors (Lipinski definition) is 3. The minimum absolute atomic E-state index is 0.0341. The van der Waals surface area contributed by atoms with Gasteiger partial charge in [-0.3, -0.25) is 9.79 Å². The van der Waals surface area contributed by atoms with Gasteiger partial charge in [0.05, 0.1) is 13.1 Å². The summed E-state index contributed by atoms with van der Waals surface area (Å²) < 4.78 is 5.69. The van der Waals surface area contributed by atoms with Crippen LogP contribution in [0.1, 0.15) is 24.8 Å². The minimum atomic E-state index is 0.0341. The predicted molar refractivity (Wildman–Crippen MR) is 113 cm³/mol. The number of nitrogens with zero attached hydrogens (tertiary/aromatic N) is 1. The van der Waals surface area contributed by atoms with E-state index in [1.807, 2.05) is 49.4 Å². The summed E-state index contributed by atoms with van der Waals surface area (Å²) in [4.78, 5) is 16.6. The van der Waals surface area contributed by atoms with Crippen LogP contribution in [0.15, 0.2) is 53.5 Å². The van der Waals surface area contributed by atoms with Crippen LogP contribution in [0.2, 0.25) is 5.02 Å². The molecule has 6 nitrogen and oxygen atoms in total. The second-order valence-corrected chi connectivity index (χ2v) is 6.93. The molecule has 2 aromatic rings. The molecule has 28 heavy (non-hydrogen) atoms. The molecule has 1 aliphatic heterocycles. The van der Waals surface area contributed by atoms with Crippen LogP contribution >= 0.6 is 11.6 Å². The molecule has 3 N–H and O–H groups in total. The van der Waals surface area contributed by atoms with Gasteiger partial charge in [-0.15, -0.1) is 0 Å². The predicted octanol–water partition coefficient (Wildman–Crippen LogP) is 3.40. The Labute approximate surface area is 170 Å². The highest BCUT2D eigenvalue weighted by atomic mass is 35.5. The lowest BCUT2D eigenvalue weighted by molar-refractivity contribution is -0.116. The maximum absolute atomic E-state index is 12.0. The Morgan fingerprint density at radius 2 is 2.11 bits per heavy atom. The number of anilines is 1. The largest absolute Gasteiger partial charge is 0.492 e. The highest BCUT2D eigenvalue weighted by Gasteiger charge is 2.24. The van der Waals surface area contributed by atoms with Crippen LogP contribution in [0.4, 0.5) is 5.69 Å². The molecule has 1 amide bonds. The smallest absolute Gasteiger partial charge is 0.225 e. The first kappa shape index (κ1) is 20.0. The van der Waals surface area contributed by atoms with Crippen molar-refractivity contribution in [1.82, 2.24) is 10.6 Å². The summed E-state index contributed by atoms with van der Waals surface area (Å²) in [7, 11) is 0. The van der Waals surface area contributed by atoms with Crippen LogP contribution in [-0.2, 0) is 4.79 Å². The van der Waals surface area contributed by atoms with Crippen LogP contribution in [0, 0.1) is 0 Å². The zero-order valence-corrected chi connectivity index (χ0v) is 16.6. The van der Waals surface area contributed by atoms with E-state index in [0.29, 0.717) is 37.1 Å². The topological polar surface area (TPSA) is 74.8 Å². The summed E-state index contributed by atoms with van der Waals surface area (Å²) in [6.07, 6.45) is 0.442. The average Bonchev–Trinajstić information content (AvgIpc) is 2.69. The van der Waals surface area contributed by atoms with E-state index in [1.165, 1.54) is 0 Å². The minimum Gasteiger partial charge on any atom is -0.492 e. The fraction of sp³-hybridized carbons (Fsp3) is 0.333. The highest BCUT2D eigenvalue weighted by molar-refractivity contribution is 6.30. The molecule has 0 spiro atoms. The molecule has 7 heteroatoms. The van der Waals surface area contributed by atoms with Gasteiger partial charge in [0, 0.05) is 29.6 Å². The zero-order valence-electron chi connectivity index (χ0n) is 15.9. The lowest BCUT2D eigenvalue weighted by Crippen LogP contribution is -2.39. The van der Waals surface area contributed by atoms with Crippen molar-refractivity contribution in [3.63, 3.8) is 0 Å². The number of fused-ring (bicyclic) bond motifs is 1. The van der Waals surface area contributed by atoms with E-state index in [1.54, 1.807) is 6.07 Å². The molecule has 2 aromatic carbocycles. The SMILES string of the molecule is CCNC(=NCC1CC(=O)Nc2ccccc21)NCCOc1cccc(Cl)c1. The van der Waals surface area contributed by atoms with Crippen LogP contribution in [-0.4, -0.2) is 38.1 Å². The van der Waals surface area contributed by atoms with Crippen LogP contribution < -0.4 is 20.7 Å². The number of nitrogens with one attached hydrogen (secondary N) is 3. The quantitative estimate of drug-likeness (QED) is 0.378. The monoisotopic (exact) mass is 400 g/mol. The van der Waals surface area contributed by atoms with E-state index in [2.05, 4.69) is 20.9 Å². The second-order valence-electron chi connectivity index (χ2n) is 6.49. The number of hydrogen-bond acceptors (Lipinski definition) is 3. The number of carbonyl (C=O) groups excluding carboxylic acids is 1. The number of ether oxygens (including phenoxy) is 1. The van der Waals surface area contributed by atoms with Crippen molar-refractivity contribution in [2.75, 3.05) is 31.6 Å². The first-order chi connectivity index (χ1) is 13.7. The number of benzene rings is 2. The summed E-state index contributed by atoms with van der Waals surface area (Å²) in [5.74, 6) is 1.55. The molecule has 0 saturated heterocycles. The molecule has 0 bridgehead atoms. The molecule has 0 radical (unpaired) electrons. The standard InChI is InChI=1S/C21H25ClN4O2/c1-2-23-21(24-10-11-28-17-7-5-6-16(22)13-17)25-14-15-12-20(27)26-19-9-4-3-8-18(15)19/h3-9,13,15H,2,10-12,14H2,1H3,(H,26,27)(H2,23,24,25). The van der Waals surface area contributed by atoms with Crippen molar-refractivity contribution in [3.05, 3.63) is 59.1 Å². The van der Waals surface area contributed by atoms with Crippen molar-refractivity contribution < 1.29 is 9.53 Å². The lowest BCUT2D eigenvalue weighted by Gasteiger charge is -2.24.